The molecule has 0 bridgehead atoms. The van der Waals surface area contributed by atoms with E-state index < -0.39 is 6.10 Å². The molecule has 1 heterocycles. The van der Waals surface area contributed by atoms with Crippen molar-refractivity contribution in [2.75, 3.05) is 0 Å². The molecule has 0 aliphatic carbocycles. The summed E-state index contributed by atoms with van der Waals surface area (Å²) in [5.74, 6) is 1.47. The van der Waals surface area contributed by atoms with Gasteiger partial charge in [-0.15, -0.1) is 0 Å². The lowest BCUT2D eigenvalue weighted by molar-refractivity contribution is 0.149. The number of aliphatic hydroxyl groups is 1. The van der Waals surface area contributed by atoms with Gasteiger partial charge in [0.1, 0.15) is 17.6 Å². The minimum Gasteiger partial charge on any atom is -0.464 e. The fourth-order valence-electron chi connectivity index (χ4n) is 2.10. The van der Waals surface area contributed by atoms with E-state index in [0.717, 1.165) is 11.3 Å². The van der Waals surface area contributed by atoms with Gasteiger partial charge in [-0.05, 0) is 35.6 Å². The molecule has 0 aliphatic rings. The molecule has 19 heavy (non-hydrogen) atoms. The number of benzene rings is 1. The zero-order chi connectivity index (χ0) is 14.0. The fourth-order valence-corrected chi connectivity index (χ4v) is 2.10. The summed E-state index contributed by atoms with van der Waals surface area (Å²) in [6.45, 7) is 8.47. The van der Waals surface area contributed by atoms with Gasteiger partial charge in [0.25, 0.3) is 0 Å². The van der Waals surface area contributed by atoms with Crippen LogP contribution in [0, 0.1) is 6.92 Å². The summed E-state index contributed by atoms with van der Waals surface area (Å²) in [6.07, 6.45) is 0.00590. The third-order valence-corrected chi connectivity index (χ3v) is 3.34. The molecule has 0 aliphatic heterocycles. The minimum absolute atomic E-state index is 0.162. The highest BCUT2D eigenvalue weighted by atomic mass is 16.4. The van der Waals surface area contributed by atoms with Gasteiger partial charge in [0.05, 0.1) is 0 Å². The number of hydrogen-bond donors (Lipinski definition) is 1. The second-order valence-corrected chi connectivity index (χ2v) is 6.12. The molecule has 1 N–H and O–H groups in total. The molecule has 2 nitrogen and oxygen atoms in total. The van der Waals surface area contributed by atoms with Gasteiger partial charge < -0.3 is 9.52 Å². The van der Waals surface area contributed by atoms with Gasteiger partial charge in [0.2, 0.25) is 0 Å². The monoisotopic (exact) mass is 258 g/mol. The fraction of sp³-hybridized carbons (Fsp3) is 0.412. The Balaban J connectivity index is 2.07. The Morgan fingerprint density at radius 2 is 1.68 bits per heavy atom. The molecule has 1 unspecified atom stereocenters. The number of hydrogen-bond acceptors (Lipinski definition) is 2. The van der Waals surface area contributed by atoms with Crippen LogP contribution in [0.1, 0.15) is 49.5 Å². The van der Waals surface area contributed by atoms with Crippen LogP contribution < -0.4 is 0 Å². The van der Waals surface area contributed by atoms with Crippen molar-refractivity contribution >= 4 is 0 Å². The third-order valence-electron chi connectivity index (χ3n) is 3.34. The smallest absolute Gasteiger partial charge is 0.132 e. The zero-order valence-electron chi connectivity index (χ0n) is 12.1. The van der Waals surface area contributed by atoms with E-state index in [2.05, 4.69) is 45.0 Å². The first-order chi connectivity index (χ1) is 8.86. The maximum absolute atomic E-state index is 10.1. The van der Waals surface area contributed by atoms with Crippen molar-refractivity contribution in [1.29, 1.82) is 0 Å². The standard InChI is InChI=1S/C17H22O2/c1-12-5-10-16(19-12)15(18)11-13-6-8-14(9-7-13)17(2,3)4/h5-10,15,18H,11H2,1-4H3. The Kier molecular flexibility index (Phi) is 3.81. The summed E-state index contributed by atoms with van der Waals surface area (Å²) >= 11 is 0. The molecule has 0 fully saturated rings. The topological polar surface area (TPSA) is 33.4 Å². The molecule has 1 aromatic heterocycles. The summed E-state index contributed by atoms with van der Waals surface area (Å²) < 4.78 is 5.45. The second kappa shape index (κ2) is 5.22. The highest BCUT2D eigenvalue weighted by Crippen LogP contribution is 2.24. The molecule has 0 amide bonds. The van der Waals surface area contributed by atoms with E-state index >= 15 is 0 Å². The van der Waals surface area contributed by atoms with Gasteiger partial charge in [0, 0.05) is 6.42 Å². The molecule has 2 rings (SSSR count). The molecule has 2 aromatic rings. The predicted molar refractivity (Wildman–Crippen MR) is 77.3 cm³/mol. The van der Waals surface area contributed by atoms with Crippen molar-refractivity contribution in [2.24, 2.45) is 0 Å². The van der Waals surface area contributed by atoms with Crippen LogP contribution in [0.15, 0.2) is 40.8 Å². The highest BCUT2D eigenvalue weighted by Gasteiger charge is 2.15. The van der Waals surface area contributed by atoms with E-state index in [0.29, 0.717) is 12.2 Å². The van der Waals surface area contributed by atoms with Crippen LogP contribution in [0.25, 0.3) is 0 Å². The summed E-state index contributed by atoms with van der Waals surface area (Å²) in [6, 6.07) is 12.1. The van der Waals surface area contributed by atoms with Crippen LogP contribution in [-0.4, -0.2) is 5.11 Å². The average Bonchev–Trinajstić information content (AvgIpc) is 2.75. The third kappa shape index (κ3) is 3.48. The van der Waals surface area contributed by atoms with E-state index in [1.165, 1.54) is 5.56 Å². The van der Waals surface area contributed by atoms with E-state index in [1.807, 2.05) is 19.1 Å². The van der Waals surface area contributed by atoms with Crippen LogP contribution in [-0.2, 0) is 11.8 Å². The van der Waals surface area contributed by atoms with E-state index in [4.69, 9.17) is 4.42 Å². The normalized spacial score (nSPS) is 13.5. The molecule has 2 heteroatoms. The minimum atomic E-state index is -0.575. The lowest BCUT2D eigenvalue weighted by atomic mass is 9.86. The van der Waals surface area contributed by atoms with Crippen molar-refractivity contribution in [3.05, 3.63) is 59.0 Å². The summed E-state index contributed by atoms with van der Waals surface area (Å²) in [7, 11) is 0. The highest BCUT2D eigenvalue weighted by molar-refractivity contribution is 5.28. The Morgan fingerprint density at radius 3 is 2.16 bits per heavy atom. The first-order valence-electron chi connectivity index (χ1n) is 6.70. The lowest BCUT2D eigenvalue weighted by Crippen LogP contribution is -2.11. The Labute approximate surface area is 115 Å². The number of furan rings is 1. The van der Waals surface area contributed by atoms with Crippen molar-refractivity contribution in [1.82, 2.24) is 0 Å². The molecule has 0 radical (unpaired) electrons. The van der Waals surface area contributed by atoms with Gasteiger partial charge in [0.15, 0.2) is 0 Å². The van der Waals surface area contributed by atoms with Crippen molar-refractivity contribution in [3.63, 3.8) is 0 Å². The van der Waals surface area contributed by atoms with Crippen LogP contribution >= 0.6 is 0 Å². The number of aliphatic hydroxyl groups excluding tert-OH is 1. The van der Waals surface area contributed by atoms with Gasteiger partial charge in [-0.25, -0.2) is 0 Å². The Morgan fingerprint density at radius 1 is 1.05 bits per heavy atom. The van der Waals surface area contributed by atoms with Gasteiger partial charge in [-0.1, -0.05) is 45.0 Å². The predicted octanol–water partition coefficient (Wildman–Crippen LogP) is 4.16. The molecule has 1 aromatic carbocycles. The lowest BCUT2D eigenvalue weighted by Gasteiger charge is -2.19. The number of aryl methyl sites for hydroxylation is 1. The van der Waals surface area contributed by atoms with Gasteiger partial charge in [-0.2, -0.15) is 0 Å². The summed E-state index contributed by atoms with van der Waals surface area (Å²) in [4.78, 5) is 0. The Hall–Kier alpha value is -1.54. The SMILES string of the molecule is Cc1ccc(C(O)Cc2ccc(C(C)(C)C)cc2)o1. The maximum Gasteiger partial charge on any atom is 0.132 e. The van der Waals surface area contributed by atoms with Gasteiger partial charge >= 0.3 is 0 Å². The van der Waals surface area contributed by atoms with Crippen molar-refractivity contribution in [2.45, 2.75) is 45.6 Å². The molecule has 0 saturated heterocycles. The van der Waals surface area contributed by atoms with Crippen LogP contribution in [0.5, 0.6) is 0 Å². The second-order valence-electron chi connectivity index (χ2n) is 6.12. The van der Waals surface area contributed by atoms with E-state index in [1.54, 1.807) is 0 Å². The number of rotatable bonds is 3. The van der Waals surface area contributed by atoms with Crippen molar-refractivity contribution < 1.29 is 9.52 Å². The van der Waals surface area contributed by atoms with Crippen molar-refractivity contribution in [3.8, 4) is 0 Å². The quantitative estimate of drug-likeness (QED) is 0.896. The van der Waals surface area contributed by atoms with Gasteiger partial charge in [-0.3, -0.25) is 0 Å². The van der Waals surface area contributed by atoms with Crippen LogP contribution in [0.4, 0.5) is 0 Å². The van der Waals surface area contributed by atoms with Crippen LogP contribution in [0.3, 0.4) is 0 Å². The summed E-state index contributed by atoms with van der Waals surface area (Å²) in [5.41, 5.74) is 2.59. The molecular formula is C17H22O2. The largest absolute Gasteiger partial charge is 0.464 e. The summed E-state index contributed by atoms with van der Waals surface area (Å²) in [5, 5.41) is 10.1. The van der Waals surface area contributed by atoms with Crippen LogP contribution in [0.2, 0.25) is 0 Å². The Bertz CT molecular complexity index is 529. The molecule has 1 atom stereocenters. The van der Waals surface area contributed by atoms with E-state index in [9.17, 15) is 5.11 Å². The first kappa shape index (κ1) is 13.9. The maximum atomic E-state index is 10.1. The molecule has 0 saturated carbocycles. The van der Waals surface area contributed by atoms with E-state index in [-0.39, 0.29) is 5.41 Å². The molecular weight excluding hydrogens is 236 g/mol. The average molecular weight is 258 g/mol. The first-order valence-corrected chi connectivity index (χ1v) is 6.70. The molecule has 0 spiro atoms. The molecule has 102 valence electrons. The zero-order valence-corrected chi connectivity index (χ0v) is 12.1.